The number of carbonyl (C=O) groups excluding carboxylic acids is 2. The Hall–Kier alpha value is -3.67. The molecule has 6 heteroatoms. The van der Waals surface area contributed by atoms with Gasteiger partial charge in [0.15, 0.2) is 0 Å². The van der Waals surface area contributed by atoms with Gasteiger partial charge in [-0.25, -0.2) is 4.98 Å². The van der Waals surface area contributed by atoms with Gasteiger partial charge in [0.1, 0.15) is 5.75 Å². The van der Waals surface area contributed by atoms with Crippen LogP contribution in [0.4, 0.5) is 0 Å². The molecule has 5 rings (SSSR count). The van der Waals surface area contributed by atoms with Gasteiger partial charge >= 0.3 is 5.97 Å². The average Bonchev–Trinajstić information content (AvgIpc) is 3.28. The van der Waals surface area contributed by atoms with Crippen molar-refractivity contribution in [3.05, 3.63) is 70.9 Å². The Kier molecular flexibility index (Phi) is 6.05. The summed E-state index contributed by atoms with van der Waals surface area (Å²) in [5.74, 6) is 0.537. The van der Waals surface area contributed by atoms with E-state index in [1.54, 1.807) is 7.11 Å². The zero-order chi connectivity index (χ0) is 23.7. The first kappa shape index (κ1) is 22.1. The molecule has 0 bridgehead atoms. The van der Waals surface area contributed by atoms with Crippen LogP contribution in [0.2, 0.25) is 0 Å². The Labute approximate surface area is 199 Å². The third kappa shape index (κ3) is 4.04. The molecule has 3 aromatic rings. The summed E-state index contributed by atoms with van der Waals surface area (Å²) in [4.78, 5) is 32.6. The van der Waals surface area contributed by atoms with Crippen LogP contribution in [0.3, 0.4) is 0 Å². The molecule has 1 aromatic heterocycles. The molecule has 1 amide bonds. The summed E-state index contributed by atoms with van der Waals surface area (Å²) >= 11 is 0. The molecular weight excluding hydrogens is 428 g/mol. The maximum atomic E-state index is 13.8. The highest BCUT2D eigenvalue weighted by Crippen LogP contribution is 2.38. The van der Waals surface area contributed by atoms with Crippen molar-refractivity contribution in [3.63, 3.8) is 0 Å². The number of aromatic nitrogens is 1. The molecule has 2 aromatic carbocycles. The van der Waals surface area contributed by atoms with Gasteiger partial charge in [0, 0.05) is 18.5 Å². The average molecular weight is 457 g/mol. The summed E-state index contributed by atoms with van der Waals surface area (Å²) in [6, 6.07) is 15.8. The SMILES string of the molecule is COC(=O)C1CCN(C(=O)c2c3c(nc4ccccc24)/C(=C/c2ccc(OC)cc2)CC3)CC1. The highest BCUT2D eigenvalue weighted by Gasteiger charge is 2.32. The van der Waals surface area contributed by atoms with Crippen molar-refractivity contribution in [3.8, 4) is 5.75 Å². The second-order valence-electron chi connectivity index (χ2n) is 8.86. The number of benzene rings is 2. The lowest BCUT2D eigenvalue weighted by Crippen LogP contribution is -2.41. The smallest absolute Gasteiger partial charge is 0.308 e. The molecule has 1 aliphatic carbocycles. The fourth-order valence-electron chi connectivity index (χ4n) is 5.07. The van der Waals surface area contributed by atoms with Crippen molar-refractivity contribution in [1.29, 1.82) is 0 Å². The number of amides is 1. The molecule has 0 atom stereocenters. The topological polar surface area (TPSA) is 68.7 Å². The van der Waals surface area contributed by atoms with E-state index in [1.807, 2.05) is 53.4 Å². The first-order chi connectivity index (χ1) is 16.6. The third-order valence-corrected chi connectivity index (χ3v) is 6.93. The Bertz CT molecular complexity index is 1270. The Morgan fingerprint density at radius 2 is 1.74 bits per heavy atom. The molecule has 34 heavy (non-hydrogen) atoms. The second-order valence-corrected chi connectivity index (χ2v) is 8.86. The van der Waals surface area contributed by atoms with E-state index in [0.29, 0.717) is 25.9 Å². The number of ether oxygens (including phenoxy) is 2. The van der Waals surface area contributed by atoms with Crippen LogP contribution in [0.5, 0.6) is 5.75 Å². The number of fused-ring (bicyclic) bond motifs is 2. The van der Waals surface area contributed by atoms with Gasteiger partial charge in [-0.15, -0.1) is 0 Å². The van der Waals surface area contributed by atoms with E-state index in [0.717, 1.165) is 57.5 Å². The van der Waals surface area contributed by atoms with E-state index in [4.69, 9.17) is 14.5 Å². The normalized spacial score (nSPS) is 17.1. The lowest BCUT2D eigenvalue weighted by Gasteiger charge is -2.31. The predicted molar refractivity (Wildman–Crippen MR) is 132 cm³/mol. The first-order valence-corrected chi connectivity index (χ1v) is 11.7. The van der Waals surface area contributed by atoms with E-state index in [1.165, 1.54) is 7.11 Å². The van der Waals surface area contributed by atoms with Crippen LogP contribution in [-0.2, 0) is 16.0 Å². The van der Waals surface area contributed by atoms with Crippen LogP contribution in [-0.4, -0.2) is 49.1 Å². The lowest BCUT2D eigenvalue weighted by molar-refractivity contribution is -0.146. The highest BCUT2D eigenvalue weighted by atomic mass is 16.5. The van der Waals surface area contributed by atoms with Crippen LogP contribution in [0, 0.1) is 5.92 Å². The van der Waals surface area contributed by atoms with Crippen molar-refractivity contribution >= 4 is 34.4 Å². The molecule has 0 N–H and O–H groups in total. The zero-order valence-electron chi connectivity index (χ0n) is 19.5. The van der Waals surface area contributed by atoms with E-state index >= 15 is 0 Å². The number of hydrogen-bond donors (Lipinski definition) is 0. The number of pyridine rings is 1. The minimum atomic E-state index is -0.185. The van der Waals surface area contributed by atoms with Crippen LogP contribution < -0.4 is 4.74 Å². The standard InChI is InChI=1S/C28H28N2O4/c1-33-21-10-7-18(8-11-21)17-20-9-12-23-25(22-5-3-4-6-24(22)29-26(20)23)27(31)30-15-13-19(14-16-30)28(32)34-2/h3-8,10-11,17,19H,9,12-16H2,1-2H3/b20-17+. The van der Waals surface area contributed by atoms with Gasteiger partial charge in [-0.05, 0) is 66.7 Å². The Balaban J connectivity index is 1.51. The molecule has 0 unspecified atom stereocenters. The number of methoxy groups -OCH3 is 2. The van der Waals surface area contributed by atoms with Crippen LogP contribution in [0.25, 0.3) is 22.6 Å². The molecule has 1 aliphatic heterocycles. The predicted octanol–water partition coefficient (Wildman–Crippen LogP) is 4.76. The molecule has 2 heterocycles. The van der Waals surface area contributed by atoms with Gasteiger partial charge in [-0.1, -0.05) is 30.3 Å². The molecular formula is C28H28N2O4. The van der Waals surface area contributed by atoms with Crippen molar-refractivity contribution in [2.45, 2.75) is 25.7 Å². The number of rotatable bonds is 4. The minimum Gasteiger partial charge on any atom is -0.497 e. The maximum Gasteiger partial charge on any atom is 0.308 e. The lowest BCUT2D eigenvalue weighted by atomic mass is 9.94. The monoisotopic (exact) mass is 456 g/mol. The number of nitrogens with zero attached hydrogens (tertiary/aromatic N) is 2. The van der Waals surface area contributed by atoms with E-state index in [9.17, 15) is 9.59 Å². The first-order valence-electron chi connectivity index (χ1n) is 11.7. The van der Waals surface area contributed by atoms with Gasteiger partial charge in [-0.2, -0.15) is 0 Å². The van der Waals surface area contributed by atoms with Crippen molar-refractivity contribution < 1.29 is 19.1 Å². The maximum absolute atomic E-state index is 13.8. The summed E-state index contributed by atoms with van der Waals surface area (Å²) < 4.78 is 10.2. The zero-order valence-corrected chi connectivity index (χ0v) is 19.5. The molecule has 174 valence electrons. The number of carbonyl (C=O) groups is 2. The highest BCUT2D eigenvalue weighted by molar-refractivity contribution is 6.09. The van der Waals surface area contributed by atoms with Crippen molar-refractivity contribution in [2.24, 2.45) is 5.92 Å². The van der Waals surface area contributed by atoms with Crippen LogP contribution >= 0.6 is 0 Å². The van der Waals surface area contributed by atoms with Crippen molar-refractivity contribution in [2.75, 3.05) is 27.3 Å². The molecule has 6 nitrogen and oxygen atoms in total. The van der Waals surface area contributed by atoms with Crippen LogP contribution in [0.1, 0.15) is 46.4 Å². The number of esters is 1. The Morgan fingerprint density at radius 1 is 1.00 bits per heavy atom. The molecule has 0 saturated carbocycles. The molecule has 2 aliphatic rings. The summed E-state index contributed by atoms with van der Waals surface area (Å²) in [5.41, 5.74) is 5.76. The molecule has 1 saturated heterocycles. The van der Waals surface area contributed by atoms with Gasteiger partial charge in [0.05, 0.1) is 36.9 Å². The fourth-order valence-corrected chi connectivity index (χ4v) is 5.07. The van der Waals surface area contributed by atoms with E-state index in [2.05, 4.69) is 6.08 Å². The van der Waals surface area contributed by atoms with E-state index < -0.39 is 0 Å². The quantitative estimate of drug-likeness (QED) is 0.530. The molecule has 1 fully saturated rings. The van der Waals surface area contributed by atoms with E-state index in [-0.39, 0.29) is 17.8 Å². The van der Waals surface area contributed by atoms with Crippen LogP contribution in [0.15, 0.2) is 48.5 Å². The number of allylic oxidation sites excluding steroid dienone is 1. The minimum absolute atomic E-state index is 0.0314. The largest absolute Gasteiger partial charge is 0.497 e. The van der Waals surface area contributed by atoms with Gasteiger partial charge in [0.2, 0.25) is 0 Å². The number of para-hydroxylation sites is 1. The second kappa shape index (κ2) is 9.29. The van der Waals surface area contributed by atoms with Gasteiger partial charge in [0.25, 0.3) is 5.91 Å². The summed E-state index contributed by atoms with van der Waals surface area (Å²) in [6.45, 7) is 1.11. The summed E-state index contributed by atoms with van der Waals surface area (Å²) in [5, 5.41) is 0.895. The molecule has 0 spiro atoms. The van der Waals surface area contributed by atoms with Gasteiger partial charge in [-0.3, -0.25) is 9.59 Å². The third-order valence-electron chi connectivity index (χ3n) is 6.93. The fraction of sp³-hybridized carbons (Fsp3) is 0.321. The molecule has 0 radical (unpaired) electrons. The Morgan fingerprint density at radius 3 is 2.44 bits per heavy atom. The van der Waals surface area contributed by atoms with Crippen molar-refractivity contribution in [1.82, 2.24) is 9.88 Å². The number of piperidine rings is 1. The number of likely N-dealkylation sites (tertiary alicyclic amines) is 1. The summed E-state index contributed by atoms with van der Waals surface area (Å²) in [7, 11) is 3.08. The number of hydrogen-bond acceptors (Lipinski definition) is 5. The van der Waals surface area contributed by atoms with Gasteiger partial charge < -0.3 is 14.4 Å². The summed E-state index contributed by atoms with van der Waals surface area (Å²) in [6.07, 6.45) is 5.05.